The molecule has 2 nitrogen and oxygen atoms in total. The summed E-state index contributed by atoms with van der Waals surface area (Å²) >= 11 is 0. The maximum atomic E-state index is 5.35. The number of methoxy groups -OCH3 is 1. The normalized spacial score (nSPS) is 44.2. The van der Waals surface area contributed by atoms with Crippen molar-refractivity contribution in [1.29, 1.82) is 0 Å². The van der Waals surface area contributed by atoms with E-state index in [4.69, 9.17) is 9.47 Å². The van der Waals surface area contributed by atoms with E-state index >= 15 is 0 Å². The van der Waals surface area contributed by atoms with Crippen LogP contribution in [0.15, 0.2) is 11.6 Å². The first-order valence-electron chi connectivity index (χ1n) is 3.67. The Kier molecular flexibility index (Phi) is 1.32. The van der Waals surface area contributed by atoms with Gasteiger partial charge in [-0.2, -0.15) is 0 Å². The average Bonchev–Trinajstić information content (AvgIpc) is 2.64. The Bertz CT molecular complexity index is 174. The Morgan fingerprint density at radius 3 is 3.20 bits per heavy atom. The lowest BCUT2D eigenvalue weighted by Gasteiger charge is -2.15. The number of epoxide rings is 1. The summed E-state index contributed by atoms with van der Waals surface area (Å²) in [6, 6.07) is 0. The molecule has 1 saturated heterocycles. The van der Waals surface area contributed by atoms with Crippen molar-refractivity contribution in [2.45, 2.75) is 31.7 Å². The number of rotatable bonds is 1. The third kappa shape index (κ3) is 0.879. The number of ether oxygens (including phenoxy) is 2. The second-order valence-electron chi connectivity index (χ2n) is 3.06. The van der Waals surface area contributed by atoms with E-state index in [2.05, 4.69) is 13.0 Å². The van der Waals surface area contributed by atoms with Gasteiger partial charge in [0.15, 0.2) is 0 Å². The summed E-state index contributed by atoms with van der Waals surface area (Å²) in [6.45, 7) is 2.13. The molecule has 0 aromatic rings. The van der Waals surface area contributed by atoms with E-state index < -0.39 is 0 Å². The van der Waals surface area contributed by atoms with Crippen LogP contribution in [0.3, 0.4) is 0 Å². The molecule has 0 saturated carbocycles. The Labute approximate surface area is 60.8 Å². The van der Waals surface area contributed by atoms with Gasteiger partial charge < -0.3 is 9.47 Å². The van der Waals surface area contributed by atoms with Gasteiger partial charge in [-0.25, -0.2) is 0 Å². The van der Waals surface area contributed by atoms with E-state index in [1.807, 2.05) is 0 Å². The minimum absolute atomic E-state index is 0.315. The molecule has 1 fully saturated rings. The van der Waals surface area contributed by atoms with Crippen molar-refractivity contribution >= 4 is 0 Å². The Hall–Kier alpha value is -0.340. The first-order chi connectivity index (χ1) is 4.81. The van der Waals surface area contributed by atoms with E-state index in [9.17, 15) is 0 Å². The van der Waals surface area contributed by atoms with Crippen molar-refractivity contribution in [2.75, 3.05) is 7.11 Å². The van der Waals surface area contributed by atoms with Gasteiger partial charge in [-0.1, -0.05) is 11.6 Å². The average molecular weight is 140 g/mol. The molecule has 3 unspecified atom stereocenters. The molecule has 56 valence electrons. The standard InChI is InChI=1S/C8H12O2/c1-5-3-6(9-2)8-7(4-5)10-8/h4,6-8H,3H2,1-2H3. The van der Waals surface area contributed by atoms with Gasteiger partial charge in [-0.3, -0.25) is 0 Å². The molecule has 0 aromatic carbocycles. The first-order valence-corrected chi connectivity index (χ1v) is 3.67. The van der Waals surface area contributed by atoms with Crippen LogP contribution < -0.4 is 0 Å². The summed E-state index contributed by atoms with van der Waals surface area (Å²) in [6.07, 6.45) is 4.29. The van der Waals surface area contributed by atoms with Gasteiger partial charge in [0.05, 0.1) is 6.10 Å². The zero-order chi connectivity index (χ0) is 7.14. The van der Waals surface area contributed by atoms with Gasteiger partial charge in [0, 0.05) is 7.11 Å². The number of hydrogen-bond acceptors (Lipinski definition) is 2. The summed E-state index contributed by atoms with van der Waals surface area (Å²) in [5, 5.41) is 0. The summed E-state index contributed by atoms with van der Waals surface area (Å²) < 4.78 is 10.6. The van der Waals surface area contributed by atoms with Crippen molar-refractivity contribution in [3.05, 3.63) is 11.6 Å². The van der Waals surface area contributed by atoms with Crippen molar-refractivity contribution in [1.82, 2.24) is 0 Å². The topological polar surface area (TPSA) is 21.8 Å². The van der Waals surface area contributed by atoms with Crippen LogP contribution in [0.5, 0.6) is 0 Å². The largest absolute Gasteiger partial charge is 0.378 e. The van der Waals surface area contributed by atoms with Gasteiger partial charge in [0.25, 0.3) is 0 Å². The SMILES string of the molecule is COC1CC(C)=CC2OC21. The zero-order valence-electron chi connectivity index (χ0n) is 6.33. The summed E-state index contributed by atoms with van der Waals surface area (Å²) in [7, 11) is 1.75. The van der Waals surface area contributed by atoms with Gasteiger partial charge in [-0.15, -0.1) is 0 Å². The molecule has 0 aromatic heterocycles. The van der Waals surface area contributed by atoms with Crippen molar-refractivity contribution in [3.8, 4) is 0 Å². The minimum atomic E-state index is 0.315. The van der Waals surface area contributed by atoms with Gasteiger partial charge in [0.1, 0.15) is 12.2 Å². The predicted octanol–water partition coefficient (Wildman–Crippen LogP) is 1.12. The summed E-state index contributed by atoms with van der Waals surface area (Å²) in [4.78, 5) is 0. The van der Waals surface area contributed by atoms with Crippen LogP contribution >= 0.6 is 0 Å². The summed E-state index contributed by atoms with van der Waals surface area (Å²) in [5.41, 5.74) is 1.39. The number of fused-ring (bicyclic) bond motifs is 1. The molecule has 2 rings (SSSR count). The molecule has 0 N–H and O–H groups in total. The van der Waals surface area contributed by atoms with E-state index in [1.165, 1.54) is 5.57 Å². The van der Waals surface area contributed by atoms with E-state index in [0.29, 0.717) is 18.3 Å². The smallest absolute Gasteiger partial charge is 0.115 e. The Morgan fingerprint density at radius 1 is 1.70 bits per heavy atom. The molecule has 1 aliphatic heterocycles. The van der Waals surface area contributed by atoms with Crippen molar-refractivity contribution in [3.63, 3.8) is 0 Å². The minimum Gasteiger partial charge on any atom is -0.378 e. The van der Waals surface area contributed by atoms with Crippen LogP contribution in [-0.4, -0.2) is 25.4 Å². The molecule has 1 aliphatic carbocycles. The molecule has 2 aliphatic rings. The van der Waals surface area contributed by atoms with Gasteiger partial charge >= 0.3 is 0 Å². The molecule has 10 heavy (non-hydrogen) atoms. The highest BCUT2D eigenvalue weighted by Gasteiger charge is 2.46. The Balaban J connectivity index is 2.09. The maximum Gasteiger partial charge on any atom is 0.115 e. The lowest BCUT2D eigenvalue weighted by molar-refractivity contribution is 0.0764. The second-order valence-corrected chi connectivity index (χ2v) is 3.06. The molecule has 3 atom stereocenters. The van der Waals surface area contributed by atoms with Crippen LogP contribution in [0.4, 0.5) is 0 Å². The predicted molar refractivity (Wildman–Crippen MR) is 37.8 cm³/mol. The molecular weight excluding hydrogens is 128 g/mol. The highest BCUT2D eigenvalue weighted by molar-refractivity contribution is 5.18. The van der Waals surface area contributed by atoms with Crippen LogP contribution in [0.2, 0.25) is 0 Å². The first kappa shape index (κ1) is 6.38. The van der Waals surface area contributed by atoms with Gasteiger partial charge in [-0.05, 0) is 13.3 Å². The van der Waals surface area contributed by atoms with Crippen LogP contribution in [-0.2, 0) is 9.47 Å². The number of hydrogen-bond donors (Lipinski definition) is 0. The molecule has 0 radical (unpaired) electrons. The van der Waals surface area contributed by atoms with Crippen molar-refractivity contribution < 1.29 is 9.47 Å². The zero-order valence-corrected chi connectivity index (χ0v) is 6.33. The fourth-order valence-corrected chi connectivity index (χ4v) is 1.57. The van der Waals surface area contributed by atoms with Crippen LogP contribution in [0, 0.1) is 0 Å². The van der Waals surface area contributed by atoms with E-state index in [-0.39, 0.29) is 0 Å². The third-order valence-corrected chi connectivity index (χ3v) is 2.20. The summed E-state index contributed by atoms with van der Waals surface area (Å²) in [5.74, 6) is 0. The molecule has 1 heterocycles. The van der Waals surface area contributed by atoms with E-state index in [1.54, 1.807) is 7.11 Å². The highest BCUT2D eigenvalue weighted by Crippen LogP contribution is 2.36. The molecular formula is C8H12O2. The maximum absolute atomic E-state index is 5.35. The van der Waals surface area contributed by atoms with Crippen molar-refractivity contribution in [2.24, 2.45) is 0 Å². The molecule has 0 amide bonds. The van der Waals surface area contributed by atoms with Gasteiger partial charge in [0.2, 0.25) is 0 Å². The lowest BCUT2D eigenvalue weighted by atomic mass is 9.98. The second kappa shape index (κ2) is 2.07. The molecule has 0 spiro atoms. The lowest BCUT2D eigenvalue weighted by Crippen LogP contribution is -2.22. The van der Waals surface area contributed by atoms with Crippen LogP contribution in [0.25, 0.3) is 0 Å². The fraction of sp³-hybridized carbons (Fsp3) is 0.750. The van der Waals surface area contributed by atoms with E-state index in [0.717, 1.165) is 6.42 Å². The monoisotopic (exact) mass is 140 g/mol. The molecule has 2 heteroatoms. The van der Waals surface area contributed by atoms with Crippen LogP contribution in [0.1, 0.15) is 13.3 Å². The fourth-order valence-electron chi connectivity index (χ4n) is 1.57. The Morgan fingerprint density at radius 2 is 2.50 bits per heavy atom. The quantitative estimate of drug-likeness (QED) is 0.402. The highest BCUT2D eigenvalue weighted by atomic mass is 16.6. The molecule has 0 bridgehead atoms. The third-order valence-electron chi connectivity index (χ3n) is 2.20.